The third kappa shape index (κ3) is 2.77. The molecule has 0 unspecified atom stereocenters. The lowest BCUT2D eigenvalue weighted by Gasteiger charge is -2.30. The zero-order chi connectivity index (χ0) is 9.68. The molecule has 1 heterocycles. The standard InChI is InChI=1S/C10H17NO2/c1-4-13-10(3)9(2)11-5-7-12-8-6-11/h2-8H2,1H3. The Kier molecular flexibility index (Phi) is 3.83. The molecule has 1 rings (SSSR count). The van der Waals surface area contributed by atoms with Crippen LogP contribution in [0.15, 0.2) is 24.6 Å². The summed E-state index contributed by atoms with van der Waals surface area (Å²) in [5.41, 5.74) is 0.880. The molecule has 1 saturated heterocycles. The fourth-order valence-corrected chi connectivity index (χ4v) is 1.27. The first-order chi connectivity index (χ1) is 6.25. The van der Waals surface area contributed by atoms with Crippen LogP contribution in [0, 0.1) is 0 Å². The van der Waals surface area contributed by atoms with Crippen LogP contribution in [0.4, 0.5) is 0 Å². The molecule has 0 saturated carbocycles. The Labute approximate surface area is 79.6 Å². The lowest BCUT2D eigenvalue weighted by molar-refractivity contribution is 0.0505. The summed E-state index contributed by atoms with van der Waals surface area (Å²) in [4.78, 5) is 2.14. The van der Waals surface area contributed by atoms with Gasteiger partial charge in [0.15, 0.2) is 0 Å². The Balaban J connectivity index is 2.40. The first-order valence-electron chi connectivity index (χ1n) is 4.59. The SMILES string of the molecule is C=C(OCC)C(=C)N1CCOCC1. The van der Waals surface area contributed by atoms with Gasteiger partial charge in [0.2, 0.25) is 0 Å². The fourth-order valence-electron chi connectivity index (χ4n) is 1.27. The molecule has 0 amide bonds. The van der Waals surface area contributed by atoms with Crippen molar-refractivity contribution >= 4 is 0 Å². The highest BCUT2D eigenvalue weighted by Gasteiger charge is 2.14. The summed E-state index contributed by atoms with van der Waals surface area (Å²) in [7, 11) is 0. The highest BCUT2D eigenvalue weighted by molar-refractivity contribution is 5.18. The summed E-state index contributed by atoms with van der Waals surface area (Å²) in [5, 5.41) is 0. The van der Waals surface area contributed by atoms with Crippen LogP contribution in [0.3, 0.4) is 0 Å². The maximum absolute atomic E-state index is 5.28. The molecule has 0 aromatic carbocycles. The van der Waals surface area contributed by atoms with E-state index in [4.69, 9.17) is 9.47 Å². The average Bonchev–Trinajstić information content (AvgIpc) is 2.18. The summed E-state index contributed by atoms with van der Waals surface area (Å²) in [6.45, 7) is 13.6. The van der Waals surface area contributed by atoms with E-state index >= 15 is 0 Å². The van der Waals surface area contributed by atoms with Gasteiger partial charge in [0, 0.05) is 13.1 Å². The molecule has 1 aliphatic rings. The van der Waals surface area contributed by atoms with Crippen molar-refractivity contribution in [2.75, 3.05) is 32.9 Å². The normalized spacial score (nSPS) is 16.8. The number of nitrogens with zero attached hydrogens (tertiary/aromatic N) is 1. The van der Waals surface area contributed by atoms with E-state index in [2.05, 4.69) is 18.1 Å². The lowest BCUT2D eigenvalue weighted by Crippen LogP contribution is -2.35. The van der Waals surface area contributed by atoms with Crippen molar-refractivity contribution in [3.63, 3.8) is 0 Å². The van der Waals surface area contributed by atoms with E-state index in [0.29, 0.717) is 12.4 Å². The van der Waals surface area contributed by atoms with Gasteiger partial charge < -0.3 is 14.4 Å². The van der Waals surface area contributed by atoms with Gasteiger partial charge in [-0.1, -0.05) is 13.2 Å². The predicted octanol–water partition coefficient (Wildman–Crippen LogP) is 1.38. The van der Waals surface area contributed by atoms with Crippen molar-refractivity contribution in [3.05, 3.63) is 24.6 Å². The zero-order valence-electron chi connectivity index (χ0n) is 8.21. The van der Waals surface area contributed by atoms with E-state index in [9.17, 15) is 0 Å². The summed E-state index contributed by atoms with van der Waals surface area (Å²) in [6, 6.07) is 0. The van der Waals surface area contributed by atoms with Crippen LogP contribution >= 0.6 is 0 Å². The van der Waals surface area contributed by atoms with Crippen LogP contribution in [-0.4, -0.2) is 37.8 Å². The molecule has 0 aliphatic carbocycles. The minimum absolute atomic E-state index is 0.641. The maximum Gasteiger partial charge on any atom is 0.134 e. The van der Waals surface area contributed by atoms with Crippen LogP contribution in [0.25, 0.3) is 0 Å². The van der Waals surface area contributed by atoms with E-state index in [1.54, 1.807) is 0 Å². The molecule has 1 aliphatic heterocycles. The number of morpholine rings is 1. The molecule has 0 aromatic heterocycles. The molecular formula is C10H17NO2. The van der Waals surface area contributed by atoms with Crippen molar-refractivity contribution in [3.8, 4) is 0 Å². The van der Waals surface area contributed by atoms with Gasteiger partial charge in [0.05, 0.1) is 25.5 Å². The Morgan fingerprint density at radius 1 is 1.38 bits per heavy atom. The molecule has 3 nitrogen and oxygen atoms in total. The van der Waals surface area contributed by atoms with Gasteiger partial charge >= 0.3 is 0 Å². The first kappa shape index (κ1) is 10.1. The Morgan fingerprint density at radius 2 is 2.00 bits per heavy atom. The average molecular weight is 183 g/mol. The second-order valence-corrected chi connectivity index (χ2v) is 2.90. The third-order valence-electron chi connectivity index (χ3n) is 2.03. The van der Waals surface area contributed by atoms with Crippen molar-refractivity contribution in [2.45, 2.75) is 6.92 Å². The summed E-state index contributed by atoms with van der Waals surface area (Å²) < 4.78 is 10.5. The van der Waals surface area contributed by atoms with Gasteiger partial charge in [-0.3, -0.25) is 0 Å². The number of hydrogen-bond acceptors (Lipinski definition) is 3. The van der Waals surface area contributed by atoms with Crippen LogP contribution in [0.5, 0.6) is 0 Å². The van der Waals surface area contributed by atoms with E-state index in [1.165, 1.54) is 0 Å². The van der Waals surface area contributed by atoms with Crippen LogP contribution in [0.2, 0.25) is 0 Å². The monoisotopic (exact) mass is 183 g/mol. The molecule has 13 heavy (non-hydrogen) atoms. The van der Waals surface area contributed by atoms with Gasteiger partial charge in [0.1, 0.15) is 5.76 Å². The second-order valence-electron chi connectivity index (χ2n) is 2.90. The fraction of sp³-hybridized carbons (Fsp3) is 0.600. The van der Waals surface area contributed by atoms with Gasteiger partial charge in [0.25, 0.3) is 0 Å². The summed E-state index contributed by atoms with van der Waals surface area (Å²) in [5.74, 6) is 0.671. The van der Waals surface area contributed by atoms with Crippen LogP contribution in [-0.2, 0) is 9.47 Å². The molecule has 3 heteroatoms. The van der Waals surface area contributed by atoms with Gasteiger partial charge in [-0.05, 0) is 6.92 Å². The summed E-state index contributed by atoms with van der Waals surface area (Å²) >= 11 is 0. The van der Waals surface area contributed by atoms with Crippen molar-refractivity contribution in [1.82, 2.24) is 4.90 Å². The number of ether oxygens (including phenoxy) is 2. The molecule has 0 aromatic rings. The highest BCUT2D eigenvalue weighted by Crippen LogP contribution is 2.14. The van der Waals surface area contributed by atoms with Crippen LogP contribution in [0.1, 0.15) is 6.92 Å². The van der Waals surface area contributed by atoms with E-state index in [-0.39, 0.29) is 0 Å². The van der Waals surface area contributed by atoms with Gasteiger partial charge in [-0.2, -0.15) is 0 Å². The van der Waals surface area contributed by atoms with Crippen molar-refractivity contribution in [2.24, 2.45) is 0 Å². The zero-order valence-corrected chi connectivity index (χ0v) is 8.21. The highest BCUT2D eigenvalue weighted by atomic mass is 16.5. The number of hydrogen-bond donors (Lipinski definition) is 0. The Bertz CT molecular complexity index is 195. The third-order valence-corrected chi connectivity index (χ3v) is 2.03. The second kappa shape index (κ2) is 4.92. The molecule has 0 radical (unpaired) electrons. The van der Waals surface area contributed by atoms with E-state index < -0.39 is 0 Å². The Morgan fingerprint density at radius 3 is 2.54 bits per heavy atom. The molecule has 0 N–H and O–H groups in total. The van der Waals surface area contributed by atoms with Gasteiger partial charge in [-0.25, -0.2) is 0 Å². The maximum atomic E-state index is 5.28. The minimum Gasteiger partial charge on any atom is -0.492 e. The van der Waals surface area contributed by atoms with E-state index in [1.807, 2.05) is 6.92 Å². The molecular weight excluding hydrogens is 166 g/mol. The molecule has 74 valence electrons. The quantitative estimate of drug-likeness (QED) is 0.485. The topological polar surface area (TPSA) is 21.7 Å². The molecule has 0 spiro atoms. The minimum atomic E-state index is 0.641. The summed E-state index contributed by atoms with van der Waals surface area (Å²) in [6.07, 6.45) is 0. The van der Waals surface area contributed by atoms with Gasteiger partial charge in [-0.15, -0.1) is 0 Å². The number of rotatable bonds is 4. The van der Waals surface area contributed by atoms with E-state index in [0.717, 1.165) is 32.0 Å². The van der Waals surface area contributed by atoms with Crippen molar-refractivity contribution in [1.29, 1.82) is 0 Å². The Hall–Kier alpha value is -0.960. The van der Waals surface area contributed by atoms with Crippen LogP contribution < -0.4 is 0 Å². The van der Waals surface area contributed by atoms with Crippen molar-refractivity contribution < 1.29 is 9.47 Å². The lowest BCUT2D eigenvalue weighted by atomic mass is 10.3. The predicted molar refractivity (Wildman–Crippen MR) is 52.3 cm³/mol. The largest absolute Gasteiger partial charge is 0.492 e. The first-order valence-corrected chi connectivity index (χ1v) is 4.59. The molecule has 0 atom stereocenters. The smallest absolute Gasteiger partial charge is 0.134 e. The molecule has 1 fully saturated rings. The molecule has 0 bridgehead atoms.